The van der Waals surface area contributed by atoms with Crippen LogP contribution in [0.2, 0.25) is 0 Å². The van der Waals surface area contributed by atoms with Crippen LogP contribution in [-0.4, -0.2) is 17.9 Å². The van der Waals surface area contributed by atoms with Gasteiger partial charge in [0.1, 0.15) is 5.75 Å². The summed E-state index contributed by atoms with van der Waals surface area (Å²) < 4.78 is 5.16. The molecule has 0 amide bonds. The van der Waals surface area contributed by atoms with Crippen LogP contribution in [0.1, 0.15) is 10.4 Å². The van der Waals surface area contributed by atoms with Gasteiger partial charge in [-0.05, 0) is 36.4 Å². The number of hydrogen-bond donors (Lipinski definition) is 1. The van der Waals surface area contributed by atoms with Crippen molar-refractivity contribution in [2.75, 3.05) is 12.4 Å². The summed E-state index contributed by atoms with van der Waals surface area (Å²) >= 11 is 0. The Labute approximate surface area is 115 Å². The Kier molecular flexibility index (Phi) is 3.95. The van der Waals surface area contributed by atoms with Gasteiger partial charge in [-0.3, -0.25) is 10.1 Å². The highest BCUT2D eigenvalue weighted by molar-refractivity contribution is 5.91. The maximum Gasteiger partial charge on any atom is 0.343 e. The third-order valence-electron chi connectivity index (χ3n) is 2.67. The zero-order valence-electron chi connectivity index (χ0n) is 10.7. The van der Waals surface area contributed by atoms with E-state index in [0.29, 0.717) is 5.75 Å². The van der Waals surface area contributed by atoms with Crippen LogP contribution >= 0.6 is 0 Å². The molecule has 0 unspecified atom stereocenters. The van der Waals surface area contributed by atoms with Crippen LogP contribution in [-0.2, 0) is 0 Å². The van der Waals surface area contributed by atoms with E-state index in [-0.39, 0.29) is 11.3 Å². The minimum Gasteiger partial charge on any atom is -0.423 e. The van der Waals surface area contributed by atoms with Crippen LogP contribution in [0.15, 0.2) is 48.5 Å². The molecule has 0 spiro atoms. The molecule has 2 rings (SSSR count). The monoisotopic (exact) mass is 272 g/mol. The van der Waals surface area contributed by atoms with Gasteiger partial charge in [0.2, 0.25) is 0 Å². The summed E-state index contributed by atoms with van der Waals surface area (Å²) in [7, 11) is 1.79. The molecule has 0 saturated carbocycles. The molecule has 0 heterocycles. The largest absolute Gasteiger partial charge is 0.423 e. The number of carbonyl (C=O) groups is 1. The molecule has 102 valence electrons. The molecule has 0 radical (unpaired) electrons. The lowest BCUT2D eigenvalue weighted by molar-refractivity contribution is -0.384. The van der Waals surface area contributed by atoms with Crippen LogP contribution in [0.3, 0.4) is 0 Å². The lowest BCUT2D eigenvalue weighted by Crippen LogP contribution is -2.08. The molecule has 20 heavy (non-hydrogen) atoms. The lowest BCUT2D eigenvalue weighted by atomic mass is 10.2. The molecule has 2 aromatic carbocycles. The molecule has 0 bridgehead atoms. The van der Waals surface area contributed by atoms with Gasteiger partial charge in [-0.15, -0.1) is 0 Å². The predicted octanol–water partition coefficient (Wildman–Crippen LogP) is 2.86. The quantitative estimate of drug-likeness (QED) is 0.400. The van der Waals surface area contributed by atoms with E-state index < -0.39 is 10.9 Å². The van der Waals surface area contributed by atoms with Gasteiger partial charge >= 0.3 is 5.97 Å². The van der Waals surface area contributed by atoms with Crippen molar-refractivity contribution in [1.82, 2.24) is 0 Å². The Morgan fingerprint density at radius 3 is 2.20 bits per heavy atom. The van der Waals surface area contributed by atoms with Crippen molar-refractivity contribution in [1.29, 1.82) is 0 Å². The maximum atomic E-state index is 11.8. The molecular formula is C14H12N2O4. The van der Waals surface area contributed by atoms with Gasteiger partial charge < -0.3 is 10.1 Å². The van der Waals surface area contributed by atoms with Crippen molar-refractivity contribution in [2.24, 2.45) is 0 Å². The highest BCUT2D eigenvalue weighted by Crippen LogP contribution is 2.18. The number of esters is 1. The standard InChI is InChI=1S/C14H12N2O4/c1-15-11-4-8-13(9-5-11)20-14(17)10-2-6-12(7-3-10)16(18)19/h2-9,15H,1H3. The minimum atomic E-state index is -0.558. The molecule has 0 fully saturated rings. The number of anilines is 1. The number of non-ortho nitro benzene ring substituents is 1. The van der Waals surface area contributed by atoms with E-state index in [1.54, 1.807) is 31.3 Å². The second-order valence-electron chi connectivity index (χ2n) is 3.97. The minimum absolute atomic E-state index is 0.0695. The van der Waals surface area contributed by atoms with Gasteiger partial charge in [0.25, 0.3) is 5.69 Å². The zero-order valence-corrected chi connectivity index (χ0v) is 10.7. The number of hydrogen-bond acceptors (Lipinski definition) is 5. The summed E-state index contributed by atoms with van der Waals surface area (Å²) in [4.78, 5) is 21.8. The normalized spacial score (nSPS) is 9.85. The van der Waals surface area contributed by atoms with E-state index in [1.807, 2.05) is 0 Å². The van der Waals surface area contributed by atoms with E-state index in [1.165, 1.54) is 24.3 Å². The van der Waals surface area contributed by atoms with Crippen molar-refractivity contribution in [3.8, 4) is 5.75 Å². The number of nitrogens with zero attached hydrogens (tertiary/aromatic N) is 1. The van der Waals surface area contributed by atoms with Crippen LogP contribution in [0, 0.1) is 10.1 Å². The molecule has 6 nitrogen and oxygen atoms in total. The van der Waals surface area contributed by atoms with Gasteiger partial charge in [-0.2, -0.15) is 0 Å². The van der Waals surface area contributed by atoms with E-state index >= 15 is 0 Å². The Hall–Kier alpha value is -2.89. The van der Waals surface area contributed by atoms with E-state index in [9.17, 15) is 14.9 Å². The Balaban J connectivity index is 2.08. The molecule has 0 aliphatic heterocycles. The first kappa shape index (κ1) is 13.5. The summed E-state index contributed by atoms with van der Waals surface area (Å²) in [6.07, 6.45) is 0. The van der Waals surface area contributed by atoms with E-state index in [0.717, 1.165) is 5.69 Å². The van der Waals surface area contributed by atoms with E-state index in [4.69, 9.17) is 4.74 Å². The first-order chi connectivity index (χ1) is 9.60. The number of carbonyl (C=O) groups excluding carboxylic acids is 1. The van der Waals surface area contributed by atoms with Crippen LogP contribution < -0.4 is 10.1 Å². The van der Waals surface area contributed by atoms with Gasteiger partial charge in [-0.1, -0.05) is 0 Å². The fourth-order valence-electron chi connectivity index (χ4n) is 1.57. The van der Waals surface area contributed by atoms with Crippen LogP contribution in [0.5, 0.6) is 5.75 Å². The van der Waals surface area contributed by atoms with Crippen LogP contribution in [0.4, 0.5) is 11.4 Å². The number of nitro benzene ring substituents is 1. The molecule has 1 N–H and O–H groups in total. The smallest absolute Gasteiger partial charge is 0.343 e. The summed E-state index contributed by atoms with van der Waals surface area (Å²) in [5, 5.41) is 13.5. The Morgan fingerprint density at radius 2 is 1.70 bits per heavy atom. The summed E-state index contributed by atoms with van der Waals surface area (Å²) in [6, 6.07) is 12.1. The van der Waals surface area contributed by atoms with Crippen molar-refractivity contribution < 1.29 is 14.5 Å². The number of rotatable bonds is 4. The lowest BCUT2D eigenvalue weighted by Gasteiger charge is -2.05. The predicted molar refractivity (Wildman–Crippen MR) is 74.0 cm³/mol. The van der Waals surface area contributed by atoms with Gasteiger partial charge in [-0.25, -0.2) is 4.79 Å². The molecule has 0 atom stereocenters. The number of nitrogens with one attached hydrogen (secondary N) is 1. The molecule has 0 aromatic heterocycles. The second kappa shape index (κ2) is 5.83. The summed E-state index contributed by atoms with van der Waals surface area (Å²) in [6.45, 7) is 0. The summed E-state index contributed by atoms with van der Waals surface area (Å²) in [5.74, 6) is -0.149. The van der Waals surface area contributed by atoms with Gasteiger partial charge in [0.05, 0.1) is 10.5 Å². The fourth-order valence-corrected chi connectivity index (χ4v) is 1.57. The molecule has 0 aliphatic carbocycles. The maximum absolute atomic E-state index is 11.8. The summed E-state index contributed by atoms with van der Waals surface area (Å²) in [5.41, 5.74) is 1.09. The highest BCUT2D eigenvalue weighted by atomic mass is 16.6. The van der Waals surface area contributed by atoms with Crippen molar-refractivity contribution >= 4 is 17.3 Å². The molecule has 0 aliphatic rings. The topological polar surface area (TPSA) is 81.5 Å². The Bertz CT molecular complexity index is 621. The number of benzene rings is 2. The molecule has 6 heteroatoms. The number of ether oxygens (including phenoxy) is 1. The van der Waals surface area contributed by atoms with Crippen molar-refractivity contribution in [3.05, 3.63) is 64.2 Å². The van der Waals surface area contributed by atoms with Crippen LogP contribution in [0.25, 0.3) is 0 Å². The Morgan fingerprint density at radius 1 is 1.10 bits per heavy atom. The zero-order chi connectivity index (χ0) is 14.5. The number of nitro groups is 1. The van der Waals surface area contributed by atoms with Gasteiger partial charge in [0.15, 0.2) is 0 Å². The third kappa shape index (κ3) is 3.11. The van der Waals surface area contributed by atoms with Crippen molar-refractivity contribution in [2.45, 2.75) is 0 Å². The first-order valence-electron chi connectivity index (χ1n) is 5.84. The average molecular weight is 272 g/mol. The first-order valence-corrected chi connectivity index (χ1v) is 5.84. The molecule has 2 aromatic rings. The average Bonchev–Trinajstić information content (AvgIpc) is 2.48. The van der Waals surface area contributed by atoms with Crippen molar-refractivity contribution in [3.63, 3.8) is 0 Å². The second-order valence-corrected chi connectivity index (χ2v) is 3.97. The third-order valence-corrected chi connectivity index (χ3v) is 2.67. The van der Waals surface area contributed by atoms with E-state index in [2.05, 4.69) is 5.32 Å². The molecular weight excluding hydrogens is 260 g/mol. The highest BCUT2D eigenvalue weighted by Gasteiger charge is 2.11. The van der Waals surface area contributed by atoms with Gasteiger partial charge in [0, 0.05) is 24.9 Å². The SMILES string of the molecule is CNc1ccc(OC(=O)c2ccc([N+](=O)[O-])cc2)cc1. The fraction of sp³-hybridized carbons (Fsp3) is 0.0714. The molecule has 0 saturated heterocycles.